The molecule has 0 bridgehead atoms. The molecule has 184 valence electrons. The number of nitrogens with one attached hydrogen (secondary N) is 1. The van der Waals surface area contributed by atoms with E-state index in [2.05, 4.69) is 4.83 Å². The highest BCUT2D eigenvalue weighted by molar-refractivity contribution is 7.92. The predicted octanol–water partition coefficient (Wildman–Crippen LogP) is 3.86. The number of hydrogen-bond acceptors (Lipinski definition) is 8. The SMILES string of the molecule is Cc1ccc(S(=O)(=O)Nn2c(-c3ccccc3)c(C#N)c(-c3ccc(N([O-])O)cc3)c(C#N)c2=O)cc1. The molecular weight excluding hydrogens is 494 g/mol. The molecule has 10 nitrogen and oxygen atoms in total. The van der Waals surface area contributed by atoms with Crippen LogP contribution in [0.5, 0.6) is 0 Å². The van der Waals surface area contributed by atoms with Crippen LogP contribution >= 0.6 is 0 Å². The monoisotopic (exact) mass is 512 g/mol. The molecule has 4 rings (SSSR count). The van der Waals surface area contributed by atoms with Crippen LogP contribution in [0.3, 0.4) is 0 Å². The molecule has 0 saturated carbocycles. The van der Waals surface area contributed by atoms with E-state index >= 15 is 0 Å². The quantitative estimate of drug-likeness (QED) is 0.368. The minimum atomic E-state index is -4.30. The van der Waals surface area contributed by atoms with Crippen LogP contribution in [0.1, 0.15) is 16.7 Å². The molecule has 0 fully saturated rings. The fourth-order valence-corrected chi connectivity index (χ4v) is 4.79. The van der Waals surface area contributed by atoms with Crippen LogP contribution in [-0.4, -0.2) is 18.3 Å². The van der Waals surface area contributed by atoms with Crippen molar-refractivity contribution in [3.63, 3.8) is 0 Å². The fourth-order valence-electron chi connectivity index (χ4n) is 3.78. The molecule has 0 saturated heterocycles. The summed E-state index contributed by atoms with van der Waals surface area (Å²) in [7, 11) is -4.30. The number of nitriles is 2. The van der Waals surface area contributed by atoms with Crippen LogP contribution in [-0.2, 0) is 10.0 Å². The van der Waals surface area contributed by atoms with E-state index in [9.17, 15) is 28.9 Å². The largest absolute Gasteiger partial charge is 0.733 e. The van der Waals surface area contributed by atoms with Gasteiger partial charge < -0.3 is 10.4 Å². The molecule has 4 aromatic rings. The minimum Gasteiger partial charge on any atom is -0.733 e. The molecule has 0 atom stereocenters. The van der Waals surface area contributed by atoms with Crippen molar-refractivity contribution in [3.8, 4) is 34.5 Å². The van der Waals surface area contributed by atoms with E-state index in [4.69, 9.17) is 5.21 Å². The third-order valence-corrected chi connectivity index (χ3v) is 6.88. The third kappa shape index (κ3) is 4.78. The van der Waals surface area contributed by atoms with Crippen LogP contribution in [0, 0.1) is 34.8 Å². The van der Waals surface area contributed by atoms with Gasteiger partial charge in [0.15, 0.2) is 0 Å². The molecule has 0 spiro atoms. The molecule has 0 radical (unpaired) electrons. The molecule has 2 N–H and O–H groups in total. The number of aromatic nitrogens is 1. The Balaban J connectivity index is 2.05. The van der Waals surface area contributed by atoms with Crippen LogP contribution in [0.4, 0.5) is 5.69 Å². The molecule has 37 heavy (non-hydrogen) atoms. The average molecular weight is 513 g/mol. The van der Waals surface area contributed by atoms with Gasteiger partial charge in [0.2, 0.25) is 0 Å². The number of anilines is 1. The van der Waals surface area contributed by atoms with Gasteiger partial charge in [-0.15, -0.1) is 0 Å². The van der Waals surface area contributed by atoms with Crippen molar-refractivity contribution in [2.24, 2.45) is 0 Å². The summed E-state index contributed by atoms with van der Waals surface area (Å²) in [6.45, 7) is 1.79. The van der Waals surface area contributed by atoms with Gasteiger partial charge >= 0.3 is 0 Å². The Kier molecular flexibility index (Phi) is 6.78. The van der Waals surface area contributed by atoms with E-state index in [-0.39, 0.29) is 38.2 Å². The summed E-state index contributed by atoms with van der Waals surface area (Å²) in [6, 6.07) is 23.1. The molecule has 0 amide bonds. The lowest BCUT2D eigenvalue weighted by atomic mass is 9.93. The van der Waals surface area contributed by atoms with Gasteiger partial charge in [-0.25, -0.2) is 9.51 Å². The van der Waals surface area contributed by atoms with Crippen LogP contribution in [0.25, 0.3) is 22.4 Å². The summed E-state index contributed by atoms with van der Waals surface area (Å²) in [6.07, 6.45) is 0. The van der Waals surface area contributed by atoms with Crippen molar-refractivity contribution in [3.05, 3.63) is 111 Å². The van der Waals surface area contributed by atoms with Crippen LogP contribution < -0.4 is 15.6 Å². The van der Waals surface area contributed by atoms with Gasteiger partial charge in [-0.2, -0.15) is 18.9 Å². The second kappa shape index (κ2) is 9.97. The smallest absolute Gasteiger partial charge is 0.288 e. The first-order valence-electron chi connectivity index (χ1n) is 10.7. The topological polar surface area (TPSA) is 162 Å². The Morgan fingerprint density at radius 3 is 2.03 bits per heavy atom. The lowest BCUT2D eigenvalue weighted by molar-refractivity contribution is 0.296. The highest BCUT2D eigenvalue weighted by atomic mass is 32.2. The second-order valence-electron chi connectivity index (χ2n) is 7.93. The zero-order valence-electron chi connectivity index (χ0n) is 19.3. The number of benzene rings is 3. The Bertz CT molecular complexity index is 1720. The fraction of sp³-hybridized carbons (Fsp3) is 0.0385. The highest BCUT2D eigenvalue weighted by Crippen LogP contribution is 2.34. The van der Waals surface area contributed by atoms with Crippen molar-refractivity contribution in [1.82, 2.24) is 4.68 Å². The van der Waals surface area contributed by atoms with Crippen molar-refractivity contribution in [2.45, 2.75) is 11.8 Å². The predicted molar refractivity (Wildman–Crippen MR) is 136 cm³/mol. The first-order valence-corrected chi connectivity index (χ1v) is 12.2. The summed E-state index contributed by atoms with van der Waals surface area (Å²) in [5.74, 6) is 0. The van der Waals surface area contributed by atoms with E-state index in [1.807, 2.05) is 6.07 Å². The van der Waals surface area contributed by atoms with Gasteiger partial charge in [-0.05, 0) is 36.8 Å². The Morgan fingerprint density at radius 2 is 1.49 bits per heavy atom. The Morgan fingerprint density at radius 1 is 0.892 bits per heavy atom. The zero-order valence-corrected chi connectivity index (χ0v) is 20.1. The molecule has 0 aliphatic heterocycles. The van der Waals surface area contributed by atoms with Crippen molar-refractivity contribution >= 4 is 15.7 Å². The van der Waals surface area contributed by atoms with Crippen molar-refractivity contribution in [2.75, 3.05) is 10.1 Å². The molecule has 3 aromatic carbocycles. The van der Waals surface area contributed by atoms with E-state index in [1.165, 1.54) is 36.4 Å². The molecule has 0 unspecified atom stereocenters. The van der Waals surface area contributed by atoms with Gasteiger partial charge in [-0.1, -0.05) is 60.2 Å². The number of nitrogens with zero attached hydrogens (tertiary/aromatic N) is 4. The van der Waals surface area contributed by atoms with Gasteiger partial charge in [-0.3, -0.25) is 10.0 Å². The third-order valence-electron chi connectivity index (χ3n) is 5.57. The summed E-state index contributed by atoms with van der Waals surface area (Å²) in [5.41, 5.74) is -0.450. The lowest BCUT2D eigenvalue weighted by Crippen LogP contribution is -2.36. The van der Waals surface area contributed by atoms with Crippen LogP contribution in [0.15, 0.2) is 88.6 Å². The average Bonchev–Trinajstić information content (AvgIpc) is 2.90. The van der Waals surface area contributed by atoms with E-state index in [0.29, 0.717) is 10.2 Å². The highest BCUT2D eigenvalue weighted by Gasteiger charge is 2.27. The van der Waals surface area contributed by atoms with Crippen molar-refractivity contribution in [1.29, 1.82) is 10.5 Å². The number of aryl methyl sites for hydroxylation is 1. The van der Waals surface area contributed by atoms with E-state index in [1.54, 1.807) is 55.5 Å². The van der Waals surface area contributed by atoms with Crippen molar-refractivity contribution < 1.29 is 13.6 Å². The summed E-state index contributed by atoms with van der Waals surface area (Å²) in [5, 5.41) is 40.1. The molecular formula is C26H18N5O5S-. The first-order chi connectivity index (χ1) is 17.7. The van der Waals surface area contributed by atoms with Crippen LogP contribution in [0.2, 0.25) is 0 Å². The lowest BCUT2D eigenvalue weighted by Gasteiger charge is -2.22. The number of sulfonamides is 1. The molecule has 1 aromatic heterocycles. The van der Waals surface area contributed by atoms with Gasteiger partial charge in [0.05, 0.1) is 21.8 Å². The normalized spacial score (nSPS) is 10.8. The maximum absolute atomic E-state index is 13.6. The Labute approximate surface area is 212 Å². The second-order valence-corrected chi connectivity index (χ2v) is 9.59. The van der Waals surface area contributed by atoms with E-state index < -0.39 is 21.1 Å². The van der Waals surface area contributed by atoms with E-state index in [0.717, 1.165) is 5.56 Å². The van der Waals surface area contributed by atoms with Gasteiger partial charge in [0, 0.05) is 11.1 Å². The summed E-state index contributed by atoms with van der Waals surface area (Å²) >= 11 is 0. The molecule has 0 aliphatic carbocycles. The van der Waals surface area contributed by atoms with Gasteiger partial charge in [0.25, 0.3) is 15.6 Å². The first kappa shape index (κ1) is 25.2. The molecule has 11 heteroatoms. The summed E-state index contributed by atoms with van der Waals surface area (Å²) in [4.78, 5) is 15.7. The maximum Gasteiger partial charge on any atom is 0.288 e. The summed E-state index contributed by atoms with van der Waals surface area (Å²) < 4.78 is 27.1. The zero-order chi connectivity index (χ0) is 26.7. The molecule has 0 aliphatic rings. The number of pyridine rings is 1. The minimum absolute atomic E-state index is 0.0402. The maximum atomic E-state index is 13.6. The van der Waals surface area contributed by atoms with Gasteiger partial charge in [0.1, 0.15) is 17.7 Å². The standard InChI is InChI=1S/C26H18N5O5S/c1-17-7-13-21(14-8-17)37(35,36)29-30-25(19-5-3-2-4-6-19)22(15-27)24(23(16-28)26(30)32)18-9-11-20(12-10-18)31(33)34/h2-14,29,33H,1H3/q-1. The number of rotatable bonds is 6. The number of hydrogen-bond donors (Lipinski definition) is 2. The Hall–Kier alpha value is -4.94. The molecule has 1 heterocycles.